The predicted octanol–water partition coefficient (Wildman–Crippen LogP) is 10.6. The Hall–Kier alpha value is -5.30. The third-order valence-corrected chi connectivity index (χ3v) is 11.6. The van der Waals surface area contributed by atoms with Crippen LogP contribution in [0.4, 0.5) is 0 Å². The van der Waals surface area contributed by atoms with Gasteiger partial charge in [-0.15, -0.1) is 0 Å². The van der Waals surface area contributed by atoms with Crippen LogP contribution >= 0.6 is 0 Å². The van der Waals surface area contributed by atoms with E-state index in [1.807, 2.05) is 134 Å². The Morgan fingerprint density at radius 1 is 0.431 bits per heavy atom. The van der Waals surface area contributed by atoms with E-state index in [0.717, 1.165) is 39.0 Å². The first-order valence-electron chi connectivity index (χ1n) is 22.7. The summed E-state index contributed by atoms with van der Waals surface area (Å²) >= 11 is 0. The molecule has 2 heterocycles. The fraction of sp³-hybridized carbons (Fsp3) is 0.321. The molecule has 0 aliphatic carbocycles. The van der Waals surface area contributed by atoms with Gasteiger partial charge >= 0.3 is 0 Å². The molecule has 9 nitrogen and oxygen atoms in total. The van der Waals surface area contributed by atoms with Gasteiger partial charge in [0.15, 0.2) is 12.6 Å². The molecule has 0 radical (unpaired) electrons. The van der Waals surface area contributed by atoms with Crippen LogP contribution in [0.1, 0.15) is 46.7 Å². The number of allylic oxidation sites excluding steroid dienone is 1. The second kappa shape index (κ2) is 24.8. The highest BCUT2D eigenvalue weighted by molar-refractivity contribution is 5.21. The van der Waals surface area contributed by atoms with Crippen molar-refractivity contribution in [3.8, 4) is 0 Å². The monoisotopic (exact) mass is 876 g/mol. The molecule has 2 saturated heterocycles. The Morgan fingerprint density at radius 2 is 0.800 bits per heavy atom. The Balaban J connectivity index is 1.07. The van der Waals surface area contributed by atoms with Crippen LogP contribution in [-0.4, -0.2) is 62.4 Å². The molecule has 0 saturated carbocycles. The van der Waals surface area contributed by atoms with E-state index in [9.17, 15) is 0 Å². The lowest BCUT2D eigenvalue weighted by atomic mass is 9.95. The van der Waals surface area contributed by atoms with E-state index in [4.69, 9.17) is 42.6 Å². The molecule has 338 valence electrons. The van der Waals surface area contributed by atoms with Crippen molar-refractivity contribution in [3.63, 3.8) is 0 Å². The highest BCUT2D eigenvalue weighted by Gasteiger charge is 2.48. The van der Waals surface area contributed by atoms with Gasteiger partial charge in [-0.25, -0.2) is 0 Å². The van der Waals surface area contributed by atoms with Crippen LogP contribution in [0, 0.1) is 0 Å². The summed E-state index contributed by atoms with van der Waals surface area (Å²) in [6, 6.07) is 60.8. The van der Waals surface area contributed by atoms with Gasteiger partial charge in [0.2, 0.25) is 0 Å². The normalized spacial score (nSPS) is 23.9. The van der Waals surface area contributed by atoms with E-state index >= 15 is 0 Å². The molecule has 8 atom stereocenters. The van der Waals surface area contributed by atoms with Crippen LogP contribution in [0.25, 0.3) is 0 Å². The zero-order valence-corrected chi connectivity index (χ0v) is 37.1. The van der Waals surface area contributed by atoms with E-state index in [1.165, 1.54) is 0 Å². The van der Waals surface area contributed by atoms with Gasteiger partial charge in [-0.05, 0) is 40.3 Å². The van der Waals surface area contributed by atoms with Crippen molar-refractivity contribution in [2.24, 2.45) is 0 Å². The summed E-state index contributed by atoms with van der Waals surface area (Å²) in [7, 11) is 0. The van der Waals surface area contributed by atoms with Gasteiger partial charge in [0, 0.05) is 12.0 Å². The molecular weight excluding hydrogens is 817 g/mol. The van der Waals surface area contributed by atoms with Gasteiger partial charge in [0.05, 0.1) is 59.0 Å². The molecule has 65 heavy (non-hydrogen) atoms. The first-order valence-corrected chi connectivity index (χ1v) is 22.7. The molecule has 0 N–H and O–H groups in total. The molecule has 8 rings (SSSR count). The summed E-state index contributed by atoms with van der Waals surface area (Å²) in [4.78, 5) is 0. The van der Waals surface area contributed by atoms with Crippen LogP contribution in [0.5, 0.6) is 0 Å². The average Bonchev–Trinajstić information content (AvgIpc) is 3.36. The fourth-order valence-electron chi connectivity index (χ4n) is 8.20. The lowest BCUT2D eigenvalue weighted by Gasteiger charge is -2.46. The van der Waals surface area contributed by atoms with E-state index in [-0.39, 0.29) is 13.2 Å². The molecule has 0 aromatic heterocycles. The largest absolute Gasteiger partial charge is 0.374 e. The second-order valence-electron chi connectivity index (χ2n) is 16.3. The van der Waals surface area contributed by atoms with E-state index in [2.05, 4.69) is 60.7 Å². The van der Waals surface area contributed by atoms with Crippen molar-refractivity contribution in [1.82, 2.24) is 0 Å². The van der Waals surface area contributed by atoms with Crippen LogP contribution < -0.4 is 0 Å². The molecule has 0 bridgehead atoms. The molecule has 6 aromatic carbocycles. The van der Waals surface area contributed by atoms with Gasteiger partial charge in [-0.2, -0.15) is 0 Å². The number of hydrogen-bond donors (Lipinski definition) is 0. The third kappa shape index (κ3) is 13.9. The van der Waals surface area contributed by atoms with Crippen molar-refractivity contribution in [1.29, 1.82) is 0 Å². The fourth-order valence-corrected chi connectivity index (χ4v) is 8.20. The molecule has 0 amide bonds. The molecule has 2 aliphatic heterocycles. The van der Waals surface area contributed by atoms with Crippen molar-refractivity contribution in [2.75, 3.05) is 13.2 Å². The van der Waals surface area contributed by atoms with Crippen LogP contribution in [0.3, 0.4) is 0 Å². The maximum Gasteiger partial charge on any atom is 0.185 e. The quantitative estimate of drug-likeness (QED) is 0.0619. The summed E-state index contributed by atoms with van der Waals surface area (Å²) in [6.07, 6.45) is -2.34. The van der Waals surface area contributed by atoms with Crippen molar-refractivity contribution >= 4 is 0 Å². The van der Waals surface area contributed by atoms with E-state index < -0.39 is 49.2 Å². The standard InChI is InChI=1S/C56H60O9/c1-2-48-53(60-37-45-27-15-6-16-28-45)55(62-39-47-31-19-8-20-32-47)51(41-58-35-43-23-11-4-12-24-43)64-56(48)65-52-33-49(59-36-44-25-13-5-14-26-44)54(61-38-46-29-17-7-18-30-46)50(63-52)40-57-34-42-21-9-3-10-22-42/h2-32,49-56H,33-41H2,1H3/b48-2+/t49-,50-,51-,52-,53-,54-,55-,56?/m1/s1. The summed E-state index contributed by atoms with van der Waals surface area (Å²) in [5.41, 5.74) is 7.11. The van der Waals surface area contributed by atoms with E-state index in [0.29, 0.717) is 46.1 Å². The minimum atomic E-state index is -0.866. The molecule has 9 heteroatoms. The summed E-state index contributed by atoms with van der Waals surface area (Å²) in [5.74, 6) is 0. The lowest BCUT2D eigenvalue weighted by molar-refractivity contribution is -0.331. The van der Waals surface area contributed by atoms with Crippen molar-refractivity contribution in [3.05, 3.63) is 227 Å². The number of hydrogen-bond acceptors (Lipinski definition) is 9. The zero-order chi connectivity index (χ0) is 44.3. The van der Waals surface area contributed by atoms with E-state index in [1.54, 1.807) is 0 Å². The van der Waals surface area contributed by atoms with Gasteiger partial charge < -0.3 is 42.6 Å². The summed E-state index contributed by atoms with van der Waals surface area (Å²) in [6.45, 7) is 4.76. The molecule has 6 aromatic rings. The first kappa shape index (κ1) is 46.2. The molecular formula is C56H60O9. The van der Waals surface area contributed by atoms with Crippen LogP contribution in [0.2, 0.25) is 0 Å². The highest BCUT2D eigenvalue weighted by Crippen LogP contribution is 2.36. The summed E-state index contributed by atoms with van der Waals surface area (Å²) < 4.78 is 60.9. The predicted molar refractivity (Wildman–Crippen MR) is 249 cm³/mol. The Labute approximate surface area is 383 Å². The van der Waals surface area contributed by atoms with Crippen LogP contribution in [-0.2, 0) is 82.3 Å². The number of benzene rings is 6. The minimum absolute atomic E-state index is 0.232. The van der Waals surface area contributed by atoms with Gasteiger partial charge in [-0.3, -0.25) is 0 Å². The topological polar surface area (TPSA) is 83.1 Å². The smallest absolute Gasteiger partial charge is 0.185 e. The maximum atomic E-state index is 7.02. The molecule has 2 aliphatic rings. The Bertz CT molecular complexity index is 2250. The van der Waals surface area contributed by atoms with Crippen LogP contribution in [0.15, 0.2) is 194 Å². The second-order valence-corrected chi connectivity index (χ2v) is 16.3. The SMILES string of the molecule is C/C=C1/C(O[C@@H]2C[C@@H](OCc3ccccc3)[C@@H](OCc3ccccc3)[C@@H](COCc3ccccc3)O2)O[C@H](COCc2ccccc2)[C@@H](OCc2ccccc2)[C@@H]1OCc1ccccc1. The zero-order valence-electron chi connectivity index (χ0n) is 37.1. The third-order valence-electron chi connectivity index (χ3n) is 11.6. The average molecular weight is 877 g/mol. The van der Waals surface area contributed by atoms with Gasteiger partial charge in [-0.1, -0.05) is 188 Å². The van der Waals surface area contributed by atoms with Crippen molar-refractivity contribution < 1.29 is 42.6 Å². The molecule has 2 fully saturated rings. The lowest BCUT2D eigenvalue weighted by Crippen LogP contribution is -2.57. The first-order chi connectivity index (χ1) is 32.2. The Kier molecular flexibility index (Phi) is 17.7. The number of rotatable bonds is 22. The maximum absolute atomic E-state index is 7.02. The molecule has 1 unspecified atom stereocenters. The molecule has 0 spiro atoms. The van der Waals surface area contributed by atoms with Crippen molar-refractivity contribution in [2.45, 2.75) is 102 Å². The number of ether oxygens (including phenoxy) is 9. The highest BCUT2D eigenvalue weighted by atomic mass is 16.8. The van der Waals surface area contributed by atoms with Gasteiger partial charge in [0.25, 0.3) is 0 Å². The Morgan fingerprint density at radius 3 is 1.23 bits per heavy atom. The minimum Gasteiger partial charge on any atom is -0.374 e. The summed E-state index contributed by atoms with van der Waals surface area (Å²) in [5, 5.41) is 0. The van der Waals surface area contributed by atoms with Gasteiger partial charge in [0.1, 0.15) is 30.5 Å².